The van der Waals surface area contributed by atoms with Gasteiger partial charge in [-0.3, -0.25) is 0 Å². The lowest BCUT2D eigenvalue weighted by Gasteiger charge is -2.15. The lowest BCUT2D eigenvalue weighted by molar-refractivity contribution is -0.150. The molecule has 0 aliphatic carbocycles. The third kappa shape index (κ3) is 4.37. The van der Waals surface area contributed by atoms with Crippen molar-refractivity contribution < 1.29 is 19.4 Å². The molecule has 0 heterocycles. The zero-order valence-corrected chi connectivity index (χ0v) is 11.1. The highest BCUT2D eigenvalue weighted by molar-refractivity contribution is 5.74. The van der Waals surface area contributed by atoms with E-state index in [9.17, 15) is 4.79 Å². The Morgan fingerprint density at radius 3 is 2.33 bits per heavy atom. The van der Waals surface area contributed by atoms with Gasteiger partial charge in [0.2, 0.25) is 0 Å². The van der Waals surface area contributed by atoms with Crippen molar-refractivity contribution in [2.24, 2.45) is 0 Å². The summed E-state index contributed by atoms with van der Waals surface area (Å²) in [6, 6.07) is 6.99. The number of hydrogen-bond donors (Lipinski definition) is 1. The predicted octanol–water partition coefficient (Wildman–Crippen LogP) is 3.03. The minimum Gasteiger partial charge on any atom is -0.491 e. The number of carboxylic acids is 1. The van der Waals surface area contributed by atoms with Crippen molar-refractivity contribution in [1.82, 2.24) is 0 Å². The fourth-order valence-electron chi connectivity index (χ4n) is 1.54. The van der Waals surface area contributed by atoms with Crippen molar-refractivity contribution in [1.29, 1.82) is 0 Å². The van der Waals surface area contributed by atoms with E-state index in [1.54, 1.807) is 24.3 Å². The summed E-state index contributed by atoms with van der Waals surface area (Å²) in [5.41, 5.74) is 0.632. The largest absolute Gasteiger partial charge is 0.491 e. The summed E-state index contributed by atoms with van der Waals surface area (Å²) in [5, 5.41) is 9.11. The Morgan fingerprint density at radius 1 is 1.28 bits per heavy atom. The van der Waals surface area contributed by atoms with Gasteiger partial charge in [0.25, 0.3) is 0 Å². The molecule has 1 unspecified atom stereocenters. The van der Waals surface area contributed by atoms with Crippen LogP contribution in [-0.2, 0) is 9.53 Å². The van der Waals surface area contributed by atoms with Gasteiger partial charge in [-0.05, 0) is 38.0 Å². The van der Waals surface area contributed by atoms with Crippen LogP contribution in [-0.4, -0.2) is 23.8 Å². The lowest BCUT2D eigenvalue weighted by Crippen LogP contribution is -2.16. The SMILES string of the molecule is CCCOC(C(=O)O)c1ccc(OC(C)C)cc1. The molecule has 1 N–H and O–H groups in total. The molecule has 0 aromatic heterocycles. The van der Waals surface area contributed by atoms with Gasteiger partial charge in [0.1, 0.15) is 5.75 Å². The quantitative estimate of drug-likeness (QED) is 0.810. The molecule has 4 nitrogen and oxygen atoms in total. The van der Waals surface area contributed by atoms with E-state index in [-0.39, 0.29) is 6.10 Å². The average molecular weight is 252 g/mol. The van der Waals surface area contributed by atoms with Crippen molar-refractivity contribution in [3.8, 4) is 5.75 Å². The smallest absolute Gasteiger partial charge is 0.337 e. The van der Waals surface area contributed by atoms with Crippen LogP contribution in [0.2, 0.25) is 0 Å². The first kappa shape index (κ1) is 14.5. The fraction of sp³-hybridized carbons (Fsp3) is 0.500. The number of hydrogen-bond acceptors (Lipinski definition) is 3. The number of carbonyl (C=O) groups is 1. The summed E-state index contributed by atoms with van der Waals surface area (Å²) in [7, 11) is 0. The molecule has 0 aliphatic rings. The van der Waals surface area contributed by atoms with Gasteiger partial charge in [0, 0.05) is 6.61 Å². The highest BCUT2D eigenvalue weighted by Crippen LogP contribution is 2.22. The van der Waals surface area contributed by atoms with E-state index in [0.29, 0.717) is 12.2 Å². The second kappa shape index (κ2) is 7.01. The standard InChI is InChI=1S/C14H20O4/c1-4-9-17-13(14(15)16)11-5-7-12(8-6-11)18-10(2)3/h5-8,10,13H,4,9H2,1-3H3,(H,15,16). The van der Waals surface area contributed by atoms with Crippen LogP contribution in [0.4, 0.5) is 0 Å². The molecule has 0 amide bonds. The number of rotatable bonds is 7. The van der Waals surface area contributed by atoms with Gasteiger partial charge in [-0.2, -0.15) is 0 Å². The highest BCUT2D eigenvalue weighted by atomic mass is 16.5. The second-order valence-corrected chi connectivity index (χ2v) is 4.32. The molecule has 4 heteroatoms. The van der Waals surface area contributed by atoms with Crippen LogP contribution in [0.1, 0.15) is 38.9 Å². The Morgan fingerprint density at radius 2 is 1.89 bits per heavy atom. The van der Waals surface area contributed by atoms with Crippen molar-refractivity contribution in [3.05, 3.63) is 29.8 Å². The minimum absolute atomic E-state index is 0.0995. The summed E-state index contributed by atoms with van der Waals surface area (Å²) in [6.45, 7) is 6.26. The van der Waals surface area contributed by atoms with E-state index in [1.165, 1.54) is 0 Å². The van der Waals surface area contributed by atoms with E-state index >= 15 is 0 Å². The Balaban J connectivity index is 2.77. The average Bonchev–Trinajstić information content (AvgIpc) is 2.30. The third-order valence-electron chi connectivity index (χ3n) is 2.27. The van der Waals surface area contributed by atoms with Gasteiger partial charge in [-0.15, -0.1) is 0 Å². The summed E-state index contributed by atoms with van der Waals surface area (Å²) in [4.78, 5) is 11.1. The van der Waals surface area contributed by atoms with Crippen LogP contribution in [0.5, 0.6) is 5.75 Å². The van der Waals surface area contributed by atoms with Gasteiger partial charge < -0.3 is 14.6 Å². The van der Waals surface area contributed by atoms with E-state index in [1.807, 2.05) is 20.8 Å². The molecule has 0 saturated heterocycles. The van der Waals surface area contributed by atoms with E-state index in [0.717, 1.165) is 12.2 Å². The van der Waals surface area contributed by atoms with Crippen LogP contribution >= 0.6 is 0 Å². The lowest BCUT2D eigenvalue weighted by atomic mass is 10.1. The fourth-order valence-corrected chi connectivity index (χ4v) is 1.54. The molecule has 0 saturated carbocycles. The number of benzene rings is 1. The molecule has 1 rings (SSSR count). The zero-order valence-electron chi connectivity index (χ0n) is 11.1. The molecule has 0 spiro atoms. The maximum Gasteiger partial charge on any atom is 0.337 e. The van der Waals surface area contributed by atoms with Crippen molar-refractivity contribution in [2.75, 3.05) is 6.61 Å². The molecule has 18 heavy (non-hydrogen) atoms. The Labute approximate surface area is 108 Å². The summed E-state index contributed by atoms with van der Waals surface area (Å²) in [5.74, 6) is -0.241. The van der Waals surface area contributed by atoms with Crippen molar-refractivity contribution in [2.45, 2.75) is 39.4 Å². The molecule has 0 aliphatic heterocycles. The molecule has 100 valence electrons. The maximum absolute atomic E-state index is 11.1. The number of ether oxygens (including phenoxy) is 2. The van der Waals surface area contributed by atoms with Crippen molar-refractivity contribution in [3.63, 3.8) is 0 Å². The Kier molecular flexibility index (Phi) is 5.65. The Hall–Kier alpha value is -1.55. The number of carboxylic acid groups (broad SMARTS) is 1. The first-order valence-electron chi connectivity index (χ1n) is 6.15. The van der Waals surface area contributed by atoms with Gasteiger partial charge in [-0.25, -0.2) is 4.79 Å². The topological polar surface area (TPSA) is 55.8 Å². The molecular formula is C14H20O4. The summed E-state index contributed by atoms with van der Waals surface area (Å²) in [6.07, 6.45) is -0.0151. The Bertz CT molecular complexity index is 370. The molecule has 0 radical (unpaired) electrons. The van der Waals surface area contributed by atoms with Crippen LogP contribution in [0.15, 0.2) is 24.3 Å². The summed E-state index contributed by atoms with van der Waals surface area (Å²) >= 11 is 0. The monoisotopic (exact) mass is 252 g/mol. The number of aliphatic carboxylic acids is 1. The molecule has 1 aromatic rings. The third-order valence-corrected chi connectivity index (χ3v) is 2.27. The first-order chi connectivity index (χ1) is 8.54. The molecule has 1 atom stereocenters. The van der Waals surface area contributed by atoms with Gasteiger partial charge in [0.05, 0.1) is 6.10 Å². The van der Waals surface area contributed by atoms with Crippen LogP contribution in [0.3, 0.4) is 0 Å². The zero-order chi connectivity index (χ0) is 13.5. The van der Waals surface area contributed by atoms with Crippen molar-refractivity contribution >= 4 is 5.97 Å². The second-order valence-electron chi connectivity index (χ2n) is 4.32. The predicted molar refractivity (Wildman–Crippen MR) is 68.8 cm³/mol. The maximum atomic E-state index is 11.1. The van der Waals surface area contributed by atoms with E-state index < -0.39 is 12.1 Å². The molecule has 1 aromatic carbocycles. The summed E-state index contributed by atoms with van der Waals surface area (Å²) < 4.78 is 10.8. The van der Waals surface area contributed by atoms with E-state index in [2.05, 4.69) is 0 Å². The van der Waals surface area contributed by atoms with Crippen LogP contribution in [0.25, 0.3) is 0 Å². The first-order valence-corrected chi connectivity index (χ1v) is 6.15. The normalized spacial score (nSPS) is 12.4. The molecular weight excluding hydrogens is 232 g/mol. The van der Waals surface area contributed by atoms with Gasteiger partial charge in [-0.1, -0.05) is 19.1 Å². The van der Waals surface area contributed by atoms with Crippen LogP contribution < -0.4 is 4.74 Å². The van der Waals surface area contributed by atoms with Gasteiger partial charge in [0.15, 0.2) is 6.10 Å². The minimum atomic E-state index is -0.971. The van der Waals surface area contributed by atoms with E-state index in [4.69, 9.17) is 14.6 Å². The molecule has 0 fully saturated rings. The molecule has 0 bridgehead atoms. The van der Waals surface area contributed by atoms with Gasteiger partial charge >= 0.3 is 5.97 Å². The van der Waals surface area contributed by atoms with Crippen LogP contribution in [0, 0.1) is 0 Å². The highest BCUT2D eigenvalue weighted by Gasteiger charge is 2.20.